The van der Waals surface area contributed by atoms with Crippen LogP contribution in [0.5, 0.6) is 0 Å². The summed E-state index contributed by atoms with van der Waals surface area (Å²) in [4.78, 5) is 26.7. The lowest BCUT2D eigenvalue weighted by molar-refractivity contribution is -0.119. The molecule has 1 saturated heterocycles. The molecule has 3 aromatic rings. The van der Waals surface area contributed by atoms with Gasteiger partial charge in [0.25, 0.3) is 0 Å². The number of anilines is 2. The molecule has 0 aromatic heterocycles. The monoisotopic (exact) mass is 532 g/mol. The molecule has 1 aliphatic heterocycles. The summed E-state index contributed by atoms with van der Waals surface area (Å²) >= 11 is 5.85. The first-order valence-electron chi connectivity index (χ1n) is 10.8. The Morgan fingerprint density at radius 2 is 1.75 bits per heavy atom. The third-order valence-electron chi connectivity index (χ3n) is 5.67. The van der Waals surface area contributed by atoms with Gasteiger partial charge < -0.3 is 20.6 Å². The van der Waals surface area contributed by atoms with Crippen molar-refractivity contribution in [3.8, 4) is 11.1 Å². The summed E-state index contributed by atoms with van der Waals surface area (Å²) in [6, 6.07) is 14.4. The van der Waals surface area contributed by atoms with Gasteiger partial charge in [0.15, 0.2) is 0 Å². The molecule has 2 atom stereocenters. The van der Waals surface area contributed by atoms with E-state index in [2.05, 4.69) is 10.6 Å². The molecule has 0 bridgehead atoms. The van der Waals surface area contributed by atoms with Crippen LogP contribution < -0.4 is 15.8 Å². The number of amides is 3. The molecule has 5 N–H and O–H groups in total. The van der Waals surface area contributed by atoms with Crippen LogP contribution in [0.15, 0.2) is 71.6 Å². The fraction of sp³-hybridized carbons (Fsp3) is 0.167. The fourth-order valence-corrected chi connectivity index (χ4v) is 4.86. The van der Waals surface area contributed by atoms with Gasteiger partial charge in [-0.25, -0.2) is 22.7 Å². The van der Waals surface area contributed by atoms with Crippen LogP contribution in [0.2, 0.25) is 5.02 Å². The van der Waals surface area contributed by atoms with E-state index in [0.717, 1.165) is 6.07 Å². The maximum Gasteiger partial charge on any atom is 0.322 e. The van der Waals surface area contributed by atoms with Crippen LogP contribution in [0.3, 0.4) is 0 Å². The maximum atomic E-state index is 14.9. The Labute approximate surface area is 211 Å². The highest BCUT2D eigenvalue weighted by molar-refractivity contribution is 7.89. The van der Waals surface area contributed by atoms with Gasteiger partial charge in [0.2, 0.25) is 15.9 Å². The van der Waals surface area contributed by atoms with E-state index in [4.69, 9.17) is 16.7 Å². The number of hydrogen-bond acceptors (Lipinski definition) is 5. The number of nitrogens with two attached hydrogens (primary N) is 1. The second-order valence-electron chi connectivity index (χ2n) is 8.22. The number of sulfonamides is 1. The Morgan fingerprint density at radius 3 is 2.42 bits per heavy atom. The molecular weight excluding hydrogens is 511 g/mol. The van der Waals surface area contributed by atoms with Crippen LogP contribution in [0, 0.1) is 5.82 Å². The first-order valence-corrected chi connectivity index (χ1v) is 12.7. The molecule has 4 rings (SSSR count). The highest BCUT2D eigenvalue weighted by atomic mass is 35.5. The van der Waals surface area contributed by atoms with Gasteiger partial charge >= 0.3 is 6.03 Å². The van der Waals surface area contributed by atoms with Gasteiger partial charge in [-0.05, 0) is 48.0 Å². The molecule has 0 saturated carbocycles. The van der Waals surface area contributed by atoms with Crippen molar-refractivity contribution in [2.75, 3.05) is 17.2 Å². The van der Waals surface area contributed by atoms with Gasteiger partial charge in [-0.2, -0.15) is 0 Å². The van der Waals surface area contributed by atoms with Crippen molar-refractivity contribution in [1.29, 1.82) is 0 Å². The van der Waals surface area contributed by atoms with Gasteiger partial charge in [-0.3, -0.25) is 4.79 Å². The molecule has 1 aliphatic rings. The molecule has 3 aromatic carbocycles. The number of β-amino-alcohol motifs (C(OH)–C–C–N with tert-alkyl or cyclic N) is 1. The van der Waals surface area contributed by atoms with Crippen molar-refractivity contribution >= 4 is 44.9 Å². The van der Waals surface area contributed by atoms with Gasteiger partial charge in [0, 0.05) is 29.2 Å². The smallest absolute Gasteiger partial charge is 0.322 e. The zero-order valence-corrected chi connectivity index (χ0v) is 20.3. The number of carbonyl (C=O) groups excluding carboxylic acids is 2. The van der Waals surface area contributed by atoms with E-state index < -0.39 is 39.9 Å². The van der Waals surface area contributed by atoms with E-state index in [1.54, 1.807) is 30.3 Å². The van der Waals surface area contributed by atoms with Crippen LogP contribution in [-0.2, 0) is 14.8 Å². The molecule has 36 heavy (non-hydrogen) atoms. The van der Waals surface area contributed by atoms with Gasteiger partial charge in [0.05, 0.1) is 16.7 Å². The summed E-state index contributed by atoms with van der Waals surface area (Å²) in [5, 5.41) is 20.9. The number of halogens is 2. The third-order valence-corrected chi connectivity index (χ3v) is 6.89. The Hall–Kier alpha value is -3.51. The standard InChI is InChI=1S/C24H22ClFN4O5S/c25-15-6-8-16(9-7-15)28-24(33)30-13-17(31)12-21(30)23(32)29-20-10-5-14(11-19(20)26)18-3-1-2-4-22(18)36(27,34)35/h1-11,17,21,31H,12-13H2,(H,28,33)(H,29,32)(H2,27,34,35). The molecule has 2 unspecified atom stereocenters. The quantitative estimate of drug-likeness (QED) is 0.398. The normalized spacial score (nSPS) is 17.6. The van der Waals surface area contributed by atoms with Crippen molar-refractivity contribution in [2.24, 2.45) is 5.14 Å². The molecule has 1 heterocycles. The van der Waals surface area contributed by atoms with Gasteiger partial charge in [-0.1, -0.05) is 35.9 Å². The van der Waals surface area contributed by atoms with E-state index in [1.165, 1.54) is 35.2 Å². The number of aliphatic hydroxyl groups is 1. The summed E-state index contributed by atoms with van der Waals surface area (Å²) in [6.45, 7) is -0.0801. The topological polar surface area (TPSA) is 142 Å². The van der Waals surface area contributed by atoms with Gasteiger partial charge in [0.1, 0.15) is 11.9 Å². The Morgan fingerprint density at radius 1 is 1.06 bits per heavy atom. The highest BCUT2D eigenvalue weighted by Crippen LogP contribution is 2.30. The maximum absolute atomic E-state index is 14.9. The molecule has 1 fully saturated rings. The predicted molar refractivity (Wildman–Crippen MR) is 133 cm³/mol. The summed E-state index contributed by atoms with van der Waals surface area (Å²) in [5.74, 6) is -1.50. The van der Waals surface area contributed by atoms with Crippen molar-refractivity contribution in [1.82, 2.24) is 4.90 Å². The molecule has 0 spiro atoms. The second kappa shape index (κ2) is 10.2. The lowest BCUT2D eigenvalue weighted by Crippen LogP contribution is -2.45. The van der Waals surface area contributed by atoms with Crippen LogP contribution in [0.1, 0.15) is 6.42 Å². The van der Waals surface area contributed by atoms with Crippen molar-refractivity contribution in [2.45, 2.75) is 23.5 Å². The average molecular weight is 533 g/mol. The summed E-state index contributed by atoms with van der Waals surface area (Å²) < 4.78 is 38.7. The second-order valence-corrected chi connectivity index (χ2v) is 10.2. The predicted octanol–water partition coefficient (Wildman–Crippen LogP) is 3.40. The molecule has 188 valence electrons. The van der Waals surface area contributed by atoms with Crippen LogP contribution >= 0.6 is 11.6 Å². The Bertz CT molecular complexity index is 1420. The number of likely N-dealkylation sites (tertiary alicyclic amines) is 1. The summed E-state index contributed by atoms with van der Waals surface area (Å²) in [6.07, 6.45) is -0.958. The zero-order chi connectivity index (χ0) is 26.0. The summed E-state index contributed by atoms with van der Waals surface area (Å²) in [5.41, 5.74) is 0.735. The van der Waals surface area contributed by atoms with Crippen molar-refractivity contribution in [3.63, 3.8) is 0 Å². The highest BCUT2D eigenvalue weighted by Gasteiger charge is 2.39. The van der Waals surface area contributed by atoms with E-state index in [9.17, 15) is 27.5 Å². The lowest BCUT2D eigenvalue weighted by atomic mass is 10.0. The number of aliphatic hydroxyl groups excluding tert-OH is 1. The third kappa shape index (κ3) is 5.65. The number of urea groups is 1. The molecule has 12 heteroatoms. The largest absolute Gasteiger partial charge is 0.391 e. The minimum atomic E-state index is -4.04. The number of nitrogens with zero attached hydrogens (tertiary/aromatic N) is 1. The number of primary sulfonamides is 1. The summed E-state index contributed by atoms with van der Waals surface area (Å²) in [7, 11) is -4.04. The number of nitrogens with one attached hydrogen (secondary N) is 2. The van der Waals surface area contributed by atoms with E-state index in [-0.39, 0.29) is 34.7 Å². The molecular formula is C24H22ClFN4O5S. The lowest BCUT2D eigenvalue weighted by Gasteiger charge is -2.24. The van der Waals surface area contributed by atoms with E-state index >= 15 is 0 Å². The van der Waals surface area contributed by atoms with Crippen LogP contribution in [0.25, 0.3) is 11.1 Å². The number of benzene rings is 3. The molecule has 9 nitrogen and oxygen atoms in total. The van der Waals surface area contributed by atoms with Crippen molar-refractivity contribution < 1.29 is 27.5 Å². The molecule has 0 aliphatic carbocycles. The van der Waals surface area contributed by atoms with Crippen LogP contribution in [0.4, 0.5) is 20.6 Å². The minimum Gasteiger partial charge on any atom is -0.391 e. The first-order chi connectivity index (χ1) is 17.0. The zero-order valence-electron chi connectivity index (χ0n) is 18.7. The number of hydrogen-bond donors (Lipinski definition) is 4. The number of carbonyl (C=O) groups is 2. The van der Waals surface area contributed by atoms with Crippen LogP contribution in [-0.4, -0.2) is 49.1 Å². The van der Waals surface area contributed by atoms with E-state index in [1.807, 2.05) is 0 Å². The SMILES string of the molecule is NS(=O)(=O)c1ccccc1-c1ccc(NC(=O)C2CC(O)CN2C(=O)Nc2ccc(Cl)cc2)c(F)c1. The number of rotatable bonds is 5. The average Bonchev–Trinajstić information content (AvgIpc) is 3.23. The van der Waals surface area contributed by atoms with E-state index in [0.29, 0.717) is 10.7 Å². The fourth-order valence-electron chi connectivity index (χ4n) is 3.97. The first kappa shape index (κ1) is 25.6. The Kier molecular flexibility index (Phi) is 7.27. The van der Waals surface area contributed by atoms with Gasteiger partial charge in [-0.15, -0.1) is 0 Å². The molecule has 3 amide bonds. The minimum absolute atomic E-state index is 0.0265. The van der Waals surface area contributed by atoms with Crippen molar-refractivity contribution in [3.05, 3.63) is 77.6 Å². The Balaban J connectivity index is 1.51. The molecule has 0 radical (unpaired) electrons.